The molecule has 0 amide bonds. The first-order valence-corrected chi connectivity index (χ1v) is 26.7. The van der Waals surface area contributed by atoms with Crippen molar-refractivity contribution in [1.29, 1.82) is 0 Å². The zero-order chi connectivity index (χ0) is 53.6. The van der Waals surface area contributed by atoms with Crippen LogP contribution in [-0.4, -0.2) is 29.9 Å². The van der Waals surface area contributed by atoms with Gasteiger partial charge in [-0.25, -0.2) is 15.0 Å². The minimum atomic E-state index is -0.327. The molecule has 0 fully saturated rings. The molecular formula is C70H51N10+. The highest BCUT2D eigenvalue weighted by Gasteiger charge is 2.38. The number of aromatic nitrogens is 7. The molecule has 0 radical (unpaired) electrons. The molecule has 0 saturated carbocycles. The minimum Gasteiger partial charge on any atom is -0.294 e. The van der Waals surface area contributed by atoms with Crippen LogP contribution in [0.1, 0.15) is 25.0 Å². The maximum atomic E-state index is 5.13. The molecule has 0 N–H and O–H groups in total. The Morgan fingerprint density at radius 3 is 1.32 bits per heavy atom. The second-order valence-electron chi connectivity index (χ2n) is 20.4. The zero-order valence-corrected chi connectivity index (χ0v) is 44.0. The van der Waals surface area contributed by atoms with Crippen molar-refractivity contribution in [2.24, 2.45) is 0 Å². The number of hydrogen-bond acceptors (Lipinski definition) is 9. The van der Waals surface area contributed by atoms with Crippen molar-refractivity contribution in [2.75, 3.05) is 14.7 Å². The van der Waals surface area contributed by atoms with Crippen molar-refractivity contribution in [3.63, 3.8) is 0 Å². The molecule has 4 aromatic heterocycles. The average Bonchev–Trinajstić information content (AvgIpc) is 3.44. The number of anilines is 9. The molecule has 4 heterocycles. The maximum absolute atomic E-state index is 5.13. The summed E-state index contributed by atoms with van der Waals surface area (Å²) in [6.45, 7) is 4.68. The highest BCUT2D eigenvalue weighted by molar-refractivity contribution is 6.24. The monoisotopic (exact) mass is 1030 g/mol. The van der Waals surface area contributed by atoms with Crippen molar-refractivity contribution in [3.05, 3.63) is 286 Å². The van der Waals surface area contributed by atoms with Gasteiger partial charge in [-0.15, -0.1) is 0 Å². The normalized spacial score (nSPS) is 12.2. The average molecular weight is 1030 g/mol. The van der Waals surface area contributed by atoms with Crippen molar-refractivity contribution >= 4 is 73.1 Å². The minimum absolute atomic E-state index is 0.327. The third-order valence-corrected chi connectivity index (χ3v) is 15.4. The predicted molar refractivity (Wildman–Crippen MR) is 322 cm³/mol. The van der Waals surface area contributed by atoms with Crippen molar-refractivity contribution in [3.8, 4) is 39.1 Å². The predicted octanol–water partition coefficient (Wildman–Crippen LogP) is 16.7. The lowest BCUT2D eigenvalue weighted by molar-refractivity contribution is -0.595. The Kier molecular flexibility index (Phi) is 11.9. The van der Waals surface area contributed by atoms with E-state index in [1.165, 1.54) is 22.3 Å². The molecule has 0 saturated heterocycles. The van der Waals surface area contributed by atoms with Gasteiger partial charge in [-0.2, -0.15) is 4.57 Å². The molecule has 80 heavy (non-hydrogen) atoms. The summed E-state index contributed by atoms with van der Waals surface area (Å²) in [4.78, 5) is 36.0. The van der Waals surface area contributed by atoms with E-state index in [1.54, 1.807) is 37.2 Å². The third-order valence-electron chi connectivity index (χ3n) is 15.4. The van der Waals surface area contributed by atoms with Gasteiger partial charge in [-0.3, -0.25) is 29.7 Å². The molecule has 1 aliphatic carbocycles. The topological polar surface area (TPSA) is 90.9 Å². The summed E-state index contributed by atoms with van der Waals surface area (Å²) < 4.78 is 2.13. The SMILES string of the molecule is CC1(C)c2ccccc2-c2cc3c(N(c4ccc(-c5ccccc5)cc4)c4cnccn4)c4cc(N(c5ccc(-c6ccccc6)cc5)c5cnccn5)ccc4c(N(c4cc[n+](-c5ccccc5)cc4)c4cnccn4)c3cc21. The van der Waals surface area contributed by atoms with Gasteiger partial charge < -0.3 is 0 Å². The molecular weight excluding hydrogens is 981 g/mol. The summed E-state index contributed by atoms with van der Waals surface area (Å²) in [6, 6.07) is 73.5. The fourth-order valence-electron chi connectivity index (χ4n) is 11.6. The van der Waals surface area contributed by atoms with Crippen LogP contribution >= 0.6 is 0 Å². The van der Waals surface area contributed by atoms with E-state index in [0.29, 0.717) is 17.5 Å². The first kappa shape index (κ1) is 47.7. The van der Waals surface area contributed by atoms with Crippen LogP contribution in [0.5, 0.6) is 0 Å². The van der Waals surface area contributed by atoms with Gasteiger partial charge in [0.2, 0.25) is 5.69 Å². The summed E-state index contributed by atoms with van der Waals surface area (Å²) >= 11 is 0. The second-order valence-corrected chi connectivity index (χ2v) is 20.4. The Morgan fingerprint density at radius 2 is 0.775 bits per heavy atom. The lowest BCUT2D eigenvalue weighted by atomic mass is 9.81. The van der Waals surface area contributed by atoms with Gasteiger partial charge in [0, 0.05) is 105 Å². The summed E-state index contributed by atoms with van der Waals surface area (Å²) in [5.41, 5.74) is 15.6. The molecule has 13 aromatic rings. The molecule has 10 heteroatoms. The molecule has 0 spiro atoms. The fourth-order valence-corrected chi connectivity index (χ4v) is 11.6. The third kappa shape index (κ3) is 8.43. The van der Waals surface area contributed by atoms with E-state index in [1.807, 2.05) is 36.8 Å². The Labute approximate surface area is 463 Å². The van der Waals surface area contributed by atoms with Crippen molar-refractivity contribution < 1.29 is 4.57 Å². The maximum Gasteiger partial charge on any atom is 0.210 e. The Morgan fingerprint density at radius 1 is 0.338 bits per heavy atom. The highest BCUT2D eigenvalue weighted by Crippen LogP contribution is 2.56. The van der Waals surface area contributed by atoms with Crippen molar-refractivity contribution in [1.82, 2.24) is 29.9 Å². The number of rotatable bonds is 12. The summed E-state index contributed by atoms with van der Waals surface area (Å²) in [5.74, 6) is 1.98. The first-order chi connectivity index (χ1) is 39.5. The second kappa shape index (κ2) is 20.0. The van der Waals surface area contributed by atoms with E-state index in [4.69, 9.17) is 24.9 Å². The number of benzene rings is 9. The standard InChI is InChI=1S/C70H51N10/c1-70(2)63-21-13-12-20-57(63)59-43-61-62(44-64(59)70)68(80(67-47-73-36-39-76-67)55-32-40-77(41-33-55)52-18-10-5-11-19-52)58-31-30-56(78(65-45-71-34-37-74-65)53-26-22-50(23-27-53)48-14-6-3-7-15-48)42-60(58)69(61)79(66-46-72-35-38-75-66)54-28-24-51(25-29-54)49-16-8-4-9-17-49/h3-47H,1-2H3/q+1. The van der Waals surface area contributed by atoms with Crippen LogP contribution in [0.25, 0.3) is 60.6 Å². The number of para-hydroxylation sites is 1. The lowest BCUT2D eigenvalue weighted by Gasteiger charge is -2.33. The molecule has 0 bridgehead atoms. The quantitative estimate of drug-likeness (QED) is 0.0674. The van der Waals surface area contributed by atoms with Crippen LogP contribution in [0, 0.1) is 0 Å². The van der Waals surface area contributed by atoms with E-state index in [0.717, 1.165) is 83.6 Å². The van der Waals surface area contributed by atoms with Crippen LogP contribution < -0.4 is 19.3 Å². The fraction of sp³-hybridized carbons (Fsp3) is 0.0429. The van der Waals surface area contributed by atoms with Gasteiger partial charge in [0.15, 0.2) is 29.8 Å². The smallest absolute Gasteiger partial charge is 0.210 e. The summed E-state index contributed by atoms with van der Waals surface area (Å²) in [7, 11) is 0. The molecule has 0 atom stereocenters. The van der Waals surface area contributed by atoms with Gasteiger partial charge in [-0.1, -0.05) is 147 Å². The van der Waals surface area contributed by atoms with E-state index in [2.05, 4.69) is 239 Å². The molecule has 14 rings (SSSR count). The zero-order valence-electron chi connectivity index (χ0n) is 44.0. The van der Waals surface area contributed by atoms with Gasteiger partial charge in [0.1, 0.15) is 0 Å². The summed E-state index contributed by atoms with van der Waals surface area (Å²) in [6.07, 6.45) is 20.2. The van der Waals surface area contributed by atoms with E-state index >= 15 is 0 Å². The Hall–Kier alpha value is -10.7. The number of nitrogens with zero attached hydrogens (tertiary/aromatic N) is 10. The van der Waals surface area contributed by atoms with Gasteiger partial charge >= 0.3 is 0 Å². The lowest BCUT2D eigenvalue weighted by Crippen LogP contribution is -2.29. The molecule has 9 aromatic carbocycles. The van der Waals surface area contributed by atoms with E-state index in [9.17, 15) is 0 Å². The molecule has 0 aliphatic heterocycles. The highest BCUT2D eigenvalue weighted by atomic mass is 15.2. The van der Waals surface area contributed by atoms with Crippen molar-refractivity contribution in [2.45, 2.75) is 19.3 Å². The van der Waals surface area contributed by atoms with E-state index < -0.39 is 0 Å². The van der Waals surface area contributed by atoms with Gasteiger partial charge in [-0.05, 0) is 93.0 Å². The molecule has 380 valence electrons. The Balaban J connectivity index is 1.11. The van der Waals surface area contributed by atoms with Crippen LogP contribution in [0.3, 0.4) is 0 Å². The number of fused-ring (bicyclic) bond motifs is 5. The van der Waals surface area contributed by atoms with Gasteiger partial charge in [0.05, 0.1) is 35.7 Å². The van der Waals surface area contributed by atoms with Crippen LogP contribution in [0.15, 0.2) is 274 Å². The van der Waals surface area contributed by atoms with Crippen LogP contribution in [-0.2, 0) is 5.41 Å². The summed E-state index contributed by atoms with van der Waals surface area (Å²) in [5, 5.41) is 3.91. The Bertz CT molecular complexity index is 4340. The molecule has 10 nitrogen and oxygen atoms in total. The number of pyridine rings is 1. The van der Waals surface area contributed by atoms with Crippen LogP contribution in [0.2, 0.25) is 0 Å². The first-order valence-electron chi connectivity index (χ1n) is 26.7. The van der Waals surface area contributed by atoms with Gasteiger partial charge in [0.25, 0.3) is 0 Å². The van der Waals surface area contributed by atoms with E-state index in [-0.39, 0.29) is 5.41 Å². The number of hydrogen-bond donors (Lipinski definition) is 0. The van der Waals surface area contributed by atoms with Crippen LogP contribution in [0.4, 0.5) is 51.6 Å². The molecule has 0 unspecified atom stereocenters. The molecule has 1 aliphatic rings. The largest absolute Gasteiger partial charge is 0.294 e.